The maximum absolute atomic E-state index is 11.4. The number of hydrogen-bond acceptors (Lipinski definition) is 5. The molecule has 0 unspecified atom stereocenters. The van der Waals surface area contributed by atoms with Crippen molar-refractivity contribution in [3.05, 3.63) is 39.4 Å². The predicted octanol–water partition coefficient (Wildman–Crippen LogP) is 0.913. The molecule has 0 aliphatic carbocycles. The van der Waals surface area contributed by atoms with E-state index in [1.54, 1.807) is 12.1 Å². The Labute approximate surface area is 116 Å². The molecule has 1 aromatic carbocycles. The number of carboxylic acids is 1. The van der Waals surface area contributed by atoms with Gasteiger partial charge in [-0.3, -0.25) is 10.1 Å². The lowest BCUT2D eigenvalue weighted by Crippen LogP contribution is -2.45. The number of carbonyl (C=O) groups is 1. The minimum Gasteiger partial charge on any atom is -0.478 e. The van der Waals surface area contributed by atoms with Crippen LogP contribution in [-0.4, -0.2) is 54.1 Å². The third-order valence-corrected chi connectivity index (χ3v) is 3.45. The van der Waals surface area contributed by atoms with Crippen LogP contribution < -0.4 is 4.90 Å². The maximum Gasteiger partial charge on any atom is 0.337 e. The molecule has 0 spiro atoms. The van der Waals surface area contributed by atoms with Gasteiger partial charge in [0.15, 0.2) is 0 Å². The van der Waals surface area contributed by atoms with E-state index in [9.17, 15) is 20.0 Å². The van der Waals surface area contributed by atoms with Crippen molar-refractivity contribution in [2.45, 2.75) is 6.54 Å². The topological polar surface area (TPSA) is 86.9 Å². The molecule has 1 aliphatic heterocycles. The average molecular weight is 279 g/mol. The number of aromatic carboxylic acids is 1. The van der Waals surface area contributed by atoms with Gasteiger partial charge in [-0.05, 0) is 19.2 Å². The van der Waals surface area contributed by atoms with Gasteiger partial charge >= 0.3 is 5.97 Å². The lowest BCUT2D eigenvalue weighted by Gasteiger charge is -2.34. The summed E-state index contributed by atoms with van der Waals surface area (Å²) in [5.41, 5.74) is 1.18. The Balaban J connectivity index is 2.28. The van der Waals surface area contributed by atoms with Crippen molar-refractivity contribution in [3.63, 3.8) is 0 Å². The molecular formula is C13H17N3O4. The first-order valence-corrected chi connectivity index (χ1v) is 6.39. The summed E-state index contributed by atoms with van der Waals surface area (Å²) in [6.45, 7) is 2.89. The van der Waals surface area contributed by atoms with Crippen molar-refractivity contribution in [1.82, 2.24) is 4.90 Å². The molecule has 7 nitrogen and oxygen atoms in total. The number of nitro groups is 1. The molecule has 1 saturated heterocycles. The van der Waals surface area contributed by atoms with Gasteiger partial charge in [0.05, 0.1) is 11.3 Å². The van der Waals surface area contributed by atoms with E-state index in [-0.39, 0.29) is 12.1 Å². The molecule has 0 amide bonds. The second-order valence-electron chi connectivity index (χ2n) is 4.94. The van der Waals surface area contributed by atoms with Crippen LogP contribution in [0.25, 0.3) is 0 Å². The Hall–Kier alpha value is -2.15. The van der Waals surface area contributed by atoms with Crippen molar-refractivity contribution >= 4 is 11.7 Å². The fourth-order valence-electron chi connectivity index (χ4n) is 2.33. The molecule has 1 aromatic rings. The van der Waals surface area contributed by atoms with Crippen molar-refractivity contribution in [1.29, 1.82) is 0 Å². The number of hydrogen-bond donors (Lipinski definition) is 1. The van der Waals surface area contributed by atoms with Gasteiger partial charge < -0.3 is 14.9 Å². The van der Waals surface area contributed by atoms with Crippen molar-refractivity contribution in [2.75, 3.05) is 38.1 Å². The number of piperazine rings is 1. The van der Waals surface area contributed by atoms with Crippen LogP contribution in [0.4, 0.5) is 5.69 Å². The van der Waals surface area contributed by atoms with E-state index in [0.29, 0.717) is 11.3 Å². The molecule has 20 heavy (non-hydrogen) atoms. The van der Waals surface area contributed by atoms with Gasteiger partial charge in [-0.15, -0.1) is 0 Å². The highest BCUT2D eigenvalue weighted by atomic mass is 16.6. The fraction of sp³-hybridized carbons (Fsp3) is 0.462. The summed E-state index contributed by atoms with van der Waals surface area (Å²) in [4.78, 5) is 25.6. The Morgan fingerprint density at radius 1 is 1.35 bits per heavy atom. The number of rotatable bonds is 4. The van der Waals surface area contributed by atoms with Crippen LogP contribution in [0.15, 0.2) is 18.2 Å². The summed E-state index contributed by atoms with van der Waals surface area (Å²) in [5, 5.41) is 19.8. The summed E-state index contributed by atoms with van der Waals surface area (Å²) in [6, 6.07) is 4.70. The van der Waals surface area contributed by atoms with E-state index in [1.165, 1.54) is 6.07 Å². The van der Waals surface area contributed by atoms with Gasteiger partial charge in [-0.25, -0.2) is 4.79 Å². The zero-order chi connectivity index (χ0) is 14.7. The third kappa shape index (κ3) is 3.24. The molecule has 0 saturated carbocycles. The standard InChI is InChI=1S/C13H17N3O4/c1-14-4-6-15(7-5-14)12-3-2-10(9-16(19)20)8-11(12)13(17)18/h2-3,8H,4-7,9H2,1H3,(H,17,18). The quantitative estimate of drug-likeness (QED) is 0.651. The Morgan fingerprint density at radius 3 is 2.55 bits per heavy atom. The third-order valence-electron chi connectivity index (χ3n) is 3.45. The Morgan fingerprint density at radius 2 is 2.00 bits per heavy atom. The smallest absolute Gasteiger partial charge is 0.337 e. The van der Waals surface area contributed by atoms with Crippen molar-refractivity contribution < 1.29 is 14.8 Å². The van der Waals surface area contributed by atoms with Gasteiger partial charge in [0.1, 0.15) is 0 Å². The van der Waals surface area contributed by atoms with Crippen molar-refractivity contribution in [3.8, 4) is 0 Å². The molecule has 0 radical (unpaired) electrons. The number of carboxylic acid groups (broad SMARTS) is 1. The zero-order valence-corrected chi connectivity index (χ0v) is 11.3. The van der Waals surface area contributed by atoms with Crippen LogP contribution in [0.5, 0.6) is 0 Å². The summed E-state index contributed by atoms with van der Waals surface area (Å²) in [5.74, 6) is -1.05. The molecule has 2 rings (SSSR count). The second-order valence-corrected chi connectivity index (χ2v) is 4.94. The SMILES string of the molecule is CN1CCN(c2ccc(C[N+](=O)[O-])cc2C(=O)O)CC1. The van der Waals surface area contributed by atoms with Crippen LogP contribution in [0, 0.1) is 10.1 Å². The van der Waals surface area contributed by atoms with Gasteiger partial charge in [0, 0.05) is 36.7 Å². The van der Waals surface area contributed by atoms with E-state index >= 15 is 0 Å². The molecule has 108 valence electrons. The maximum atomic E-state index is 11.4. The normalized spacial score (nSPS) is 16.1. The van der Waals surface area contributed by atoms with E-state index in [0.717, 1.165) is 26.2 Å². The number of likely N-dealkylation sites (N-methyl/N-ethyl adjacent to an activating group) is 1. The van der Waals surface area contributed by atoms with Gasteiger partial charge in [-0.2, -0.15) is 0 Å². The number of benzene rings is 1. The highest BCUT2D eigenvalue weighted by Gasteiger charge is 2.20. The minimum absolute atomic E-state index is 0.133. The first kappa shape index (κ1) is 14.3. The average Bonchev–Trinajstić information content (AvgIpc) is 2.39. The predicted molar refractivity (Wildman–Crippen MR) is 73.8 cm³/mol. The summed E-state index contributed by atoms with van der Waals surface area (Å²) >= 11 is 0. The van der Waals surface area contributed by atoms with Crippen LogP contribution >= 0.6 is 0 Å². The fourth-order valence-corrected chi connectivity index (χ4v) is 2.33. The molecule has 0 bridgehead atoms. The van der Waals surface area contributed by atoms with Crippen molar-refractivity contribution in [2.24, 2.45) is 0 Å². The van der Waals surface area contributed by atoms with Crippen LogP contribution in [0.3, 0.4) is 0 Å². The molecule has 1 heterocycles. The van der Waals surface area contributed by atoms with Crippen LogP contribution in [0.2, 0.25) is 0 Å². The van der Waals surface area contributed by atoms with Gasteiger partial charge in [-0.1, -0.05) is 6.07 Å². The number of nitrogens with zero attached hydrogens (tertiary/aromatic N) is 3. The Bertz CT molecular complexity index is 524. The Kier molecular flexibility index (Phi) is 4.19. The van der Waals surface area contributed by atoms with Crippen LogP contribution in [0.1, 0.15) is 15.9 Å². The molecule has 1 aliphatic rings. The lowest BCUT2D eigenvalue weighted by molar-refractivity contribution is -0.496. The summed E-state index contributed by atoms with van der Waals surface area (Å²) in [6.07, 6.45) is 0. The van der Waals surface area contributed by atoms with E-state index in [2.05, 4.69) is 4.90 Å². The highest BCUT2D eigenvalue weighted by Crippen LogP contribution is 2.23. The number of anilines is 1. The molecular weight excluding hydrogens is 262 g/mol. The molecule has 1 N–H and O–H groups in total. The van der Waals surface area contributed by atoms with Gasteiger partial charge in [0.25, 0.3) is 0 Å². The summed E-state index contributed by atoms with van der Waals surface area (Å²) < 4.78 is 0. The summed E-state index contributed by atoms with van der Waals surface area (Å²) in [7, 11) is 2.02. The van der Waals surface area contributed by atoms with E-state index in [1.807, 2.05) is 11.9 Å². The first-order chi connectivity index (χ1) is 9.47. The minimum atomic E-state index is -1.05. The molecule has 7 heteroatoms. The van der Waals surface area contributed by atoms with Gasteiger partial charge in [0.2, 0.25) is 6.54 Å². The van der Waals surface area contributed by atoms with E-state index < -0.39 is 10.9 Å². The van der Waals surface area contributed by atoms with Crippen LogP contribution in [-0.2, 0) is 6.54 Å². The largest absolute Gasteiger partial charge is 0.478 e. The van der Waals surface area contributed by atoms with E-state index in [4.69, 9.17) is 0 Å². The molecule has 0 atom stereocenters. The molecule has 0 aromatic heterocycles. The monoisotopic (exact) mass is 279 g/mol. The first-order valence-electron chi connectivity index (χ1n) is 6.39. The molecule has 1 fully saturated rings. The zero-order valence-electron chi connectivity index (χ0n) is 11.3. The second kappa shape index (κ2) is 5.87. The lowest BCUT2D eigenvalue weighted by atomic mass is 10.1. The highest BCUT2D eigenvalue weighted by molar-refractivity contribution is 5.94.